The van der Waals surface area contributed by atoms with Crippen molar-refractivity contribution in [2.75, 3.05) is 26.4 Å². The topological polar surface area (TPSA) is 99.9 Å². The highest BCUT2D eigenvalue weighted by Gasteiger charge is 2.26. The number of hydrogen-bond acceptors (Lipinski definition) is 6. The highest BCUT2D eigenvalue weighted by Crippen LogP contribution is 2.36. The molecular formula is C20H20N2O6. The van der Waals surface area contributed by atoms with E-state index in [2.05, 4.69) is 11.4 Å². The first-order chi connectivity index (χ1) is 13.6. The minimum absolute atomic E-state index is 0.0632. The second kappa shape index (κ2) is 7.75. The number of hydrogen-bond donors (Lipinski definition) is 1. The number of amides is 1. The molecule has 0 spiro atoms. The van der Waals surface area contributed by atoms with Crippen molar-refractivity contribution in [2.45, 2.75) is 19.3 Å². The first-order valence-corrected chi connectivity index (χ1v) is 9.22. The Balaban J connectivity index is 1.37. The summed E-state index contributed by atoms with van der Waals surface area (Å²) in [5, 5.41) is 14.0. The van der Waals surface area contributed by atoms with Crippen LogP contribution in [-0.2, 0) is 12.8 Å². The molecule has 1 heterocycles. The van der Waals surface area contributed by atoms with Gasteiger partial charge in [0.15, 0.2) is 11.5 Å². The molecule has 0 unspecified atom stereocenters. The van der Waals surface area contributed by atoms with E-state index in [1.165, 1.54) is 29.7 Å². The number of nitrogens with one attached hydrogen (secondary N) is 1. The molecule has 2 aliphatic rings. The van der Waals surface area contributed by atoms with Crippen molar-refractivity contribution in [3.05, 3.63) is 57.1 Å². The summed E-state index contributed by atoms with van der Waals surface area (Å²) >= 11 is 0. The van der Waals surface area contributed by atoms with Gasteiger partial charge in [0.25, 0.3) is 11.6 Å². The van der Waals surface area contributed by atoms with Crippen LogP contribution in [0.4, 0.5) is 5.69 Å². The molecule has 4 rings (SSSR count). The molecule has 1 aliphatic heterocycles. The Morgan fingerprint density at radius 2 is 1.86 bits per heavy atom. The fourth-order valence-corrected chi connectivity index (χ4v) is 3.48. The maximum absolute atomic E-state index is 12.5. The summed E-state index contributed by atoms with van der Waals surface area (Å²) in [6, 6.07) is 8.62. The van der Waals surface area contributed by atoms with E-state index in [0.29, 0.717) is 19.0 Å². The van der Waals surface area contributed by atoms with E-state index in [9.17, 15) is 14.9 Å². The van der Waals surface area contributed by atoms with E-state index >= 15 is 0 Å². The second-order valence-corrected chi connectivity index (χ2v) is 6.66. The van der Waals surface area contributed by atoms with Gasteiger partial charge in [-0.3, -0.25) is 14.9 Å². The van der Waals surface area contributed by atoms with Gasteiger partial charge in [-0.2, -0.15) is 0 Å². The number of benzene rings is 2. The van der Waals surface area contributed by atoms with Crippen molar-refractivity contribution in [3.8, 4) is 17.2 Å². The summed E-state index contributed by atoms with van der Waals surface area (Å²) in [5.41, 5.74) is 2.30. The predicted molar refractivity (Wildman–Crippen MR) is 100 cm³/mol. The maximum Gasteiger partial charge on any atom is 0.286 e. The average molecular weight is 384 g/mol. The van der Waals surface area contributed by atoms with Gasteiger partial charge in [0.1, 0.15) is 31.1 Å². The van der Waals surface area contributed by atoms with Crippen molar-refractivity contribution in [1.29, 1.82) is 0 Å². The number of nitrogens with zero attached hydrogens (tertiary/aromatic N) is 1. The van der Waals surface area contributed by atoms with Gasteiger partial charge in [0.2, 0.25) is 0 Å². The Bertz CT molecular complexity index is 927. The number of fused-ring (bicyclic) bond motifs is 2. The second-order valence-electron chi connectivity index (χ2n) is 6.66. The van der Waals surface area contributed by atoms with Crippen molar-refractivity contribution >= 4 is 11.6 Å². The van der Waals surface area contributed by atoms with Gasteiger partial charge in [-0.1, -0.05) is 6.07 Å². The molecule has 0 bridgehead atoms. The van der Waals surface area contributed by atoms with Gasteiger partial charge in [-0.05, 0) is 42.5 Å². The monoisotopic (exact) mass is 384 g/mol. The van der Waals surface area contributed by atoms with Crippen LogP contribution in [0.2, 0.25) is 0 Å². The molecule has 28 heavy (non-hydrogen) atoms. The Morgan fingerprint density at radius 1 is 1.11 bits per heavy atom. The molecule has 0 aromatic heterocycles. The third-order valence-corrected chi connectivity index (χ3v) is 4.83. The van der Waals surface area contributed by atoms with Crippen molar-refractivity contribution < 1.29 is 23.9 Å². The lowest BCUT2D eigenvalue weighted by atomic mass is 10.1. The molecule has 1 N–H and O–H groups in total. The number of nitro benzene ring substituents is 1. The smallest absolute Gasteiger partial charge is 0.286 e. The van der Waals surface area contributed by atoms with Gasteiger partial charge < -0.3 is 19.5 Å². The molecule has 2 aromatic carbocycles. The van der Waals surface area contributed by atoms with Crippen molar-refractivity contribution in [1.82, 2.24) is 5.32 Å². The zero-order valence-electron chi connectivity index (χ0n) is 15.2. The highest BCUT2D eigenvalue weighted by atomic mass is 16.6. The number of ether oxygens (including phenoxy) is 3. The molecule has 146 valence electrons. The number of aryl methyl sites for hydroxylation is 2. The first-order valence-electron chi connectivity index (χ1n) is 9.22. The van der Waals surface area contributed by atoms with Crippen molar-refractivity contribution in [3.63, 3.8) is 0 Å². The quantitative estimate of drug-likeness (QED) is 0.467. The molecule has 0 saturated heterocycles. The Kier molecular flexibility index (Phi) is 5.01. The SMILES string of the molecule is O=C(NCCOc1ccc2c(c1)CCC2)c1cc2c(cc1[N+](=O)[O-])OCCO2. The summed E-state index contributed by atoms with van der Waals surface area (Å²) in [5.74, 6) is 0.812. The molecule has 0 atom stereocenters. The van der Waals surface area contributed by atoms with Gasteiger partial charge in [0, 0.05) is 6.07 Å². The van der Waals surface area contributed by atoms with Gasteiger partial charge in [-0.15, -0.1) is 0 Å². The minimum Gasteiger partial charge on any atom is -0.492 e. The van der Waals surface area contributed by atoms with Crippen LogP contribution in [0.3, 0.4) is 0 Å². The lowest BCUT2D eigenvalue weighted by molar-refractivity contribution is -0.385. The average Bonchev–Trinajstić information content (AvgIpc) is 3.18. The zero-order chi connectivity index (χ0) is 19.5. The third kappa shape index (κ3) is 3.71. The normalized spacial score (nSPS) is 14.3. The fourth-order valence-electron chi connectivity index (χ4n) is 3.48. The van der Waals surface area contributed by atoms with E-state index in [-0.39, 0.29) is 30.2 Å². The molecular weight excluding hydrogens is 364 g/mol. The number of rotatable bonds is 6. The standard InChI is InChI=1S/C20H20N2O6/c23-20(16-11-18-19(28-9-8-27-18)12-17(16)22(24)25)21-6-7-26-15-5-4-13-2-1-3-14(13)10-15/h4-5,10-12H,1-3,6-9H2,(H,21,23). The summed E-state index contributed by atoms with van der Waals surface area (Å²) in [4.78, 5) is 23.2. The van der Waals surface area contributed by atoms with Crippen LogP contribution in [0.5, 0.6) is 17.2 Å². The molecule has 8 nitrogen and oxygen atoms in total. The van der Waals surface area contributed by atoms with E-state index in [1.807, 2.05) is 12.1 Å². The zero-order valence-corrected chi connectivity index (χ0v) is 15.2. The fraction of sp³-hybridized carbons (Fsp3) is 0.350. The van der Waals surface area contributed by atoms with Crippen LogP contribution in [0, 0.1) is 10.1 Å². The molecule has 0 saturated carbocycles. The largest absolute Gasteiger partial charge is 0.492 e. The lowest BCUT2D eigenvalue weighted by Crippen LogP contribution is -2.29. The number of carbonyl (C=O) groups excluding carboxylic acids is 1. The molecule has 1 aliphatic carbocycles. The molecule has 0 radical (unpaired) electrons. The Labute approximate surface area is 161 Å². The van der Waals surface area contributed by atoms with E-state index in [4.69, 9.17) is 14.2 Å². The van der Waals surface area contributed by atoms with E-state index < -0.39 is 10.8 Å². The van der Waals surface area contributed by atoms with Crippen LogP contribution in [0.15, 0.2) is 30.3 Å². The summed E-state index contributed by atoms with van der Waals surface area (Å²) in [7, 11) is 0. The Morgan fingerprint density at radius 3 is 2.64 bits per heavy atom. The van der Waals surface area contributed by atoms with Crippen LogP contribution in [-0.4, -0.2) is 37.2 Å². The first kappa shape index (κ1) is 18.1. The maximum atomic E-state index is 12.5. The van der Waals surface area contributed by atoms with Gasteiger partial charge >= 0.3 is 0 Å². The van der Waals surface area contributed by atoms with Crippen LogP contribution in [0.1, 0.15) is 27.9 Å². The van der Waals surface area contributed by atoms with Crippen LogP contribution in [0.25, 0.3) is 0 Å². The summed E-state index contributed by atoms with van der Waals surface area (Å²) < 4.78 is 16.5. The number of nitro groups is 1. The third-order valence-electron chi connectivity index (χ3n) is 4.83. The van der Waals surface area contributed by atoms with E-state index in [0.717, 1.165) is 18.6 Å². The number of carbonyl (C=O) groups is 1. The predicted octanol–water partition coefficient (Wildman–Crippen LogP) is 2.66. The highest BCUT2D eigenvalue weighted by molar-refractivity contribution is 5.99. The minimum atomic E-state index is -0.603. The van der Waals surface area contributed by atoms with Crippen LogP contribution < -0.4 is 19.5 Å². The van der Waals surface area contributed by atoms with Gasteiger partial charge in [-0.25, -0.2) is 0 Å². The lowest BCUT2D eigenvalue weighted by Gasteiger charge is -2.18. The van der Waals surface area contributed by atoms with Gasteiger partial charge in [0.05, 0.1) is 17.5 Å². The summed E-state index contributed by atoms with van der Waals surface area (Å²) in [6.07, 6.45) is 3.35. The van der Waals surface area contributed by atoms with Crippen molar-refractivity contribution in [2.24, 2.45) is 0 Å². The van der Waals surface area contributed by atoms with E-state index in [1.54, 1.807) is 0 Å². The Hall–Kier alpha value is -3.29. The molecule has 2 aromatic rings. The molecule has 8 heteroatoms. The summed E-state index contributed by atoms with van der Waals surface area (Å²) in [6.45, 7) is 1.14. The molecule has 0 fully saturated rings. The molecule has 1 amide bonds. The van der Waals surface area contributed by atoms with Crippen LogP contribution >= 0.6 is 0 Å².